The number of ether oxygens (including phenoxy) is 2. The molecule has 0 aliphatic heterocycles. The van der Waals surface area contributed by atoms with Gasteiger partial charge >= 0.3 is 11.9 Å². The summed E-state index contributed by atoms with van der Waals surface area (Å²) in [4.78, 5) is 22.3. The van der Waals surface area contributed by atoms with E-state index in [0.29, 0.717) is 0 Å². The molecule has 0 heterocycles. The van der Waals surface area contributed by atoms with Crippen LogP contribution in [0.2, 0.25) is 0 Å². The van der Waals surface area contributed by atoms with Gasteiger partial charge in [-0.15, -0.1) is 0 Å². The molecular weight excluding hydrogens is 276 g/mol. The number of carbonyl (C=O) groups excluding carboxylic acids is 2. The zero-order valence-electron chi connectivity index (χ0n) is 9.17. The highest BCUT2D eigenvalue weighted by Gasteiger charge is 2.16. The van der Waals surface area contributed by atoms with Gasteiger partial charge in [0.1, 0.15) is 11.3 Å². The first-order valence-electron chi connectivity index (χ1n) is 4.52. The lowest BCUT2D eigenvalue weighted by Crippen LogP contribution is -2.09. The molecule has 0 spiro atoms. The van der Waals surface area contributed by atoms with Crippen molar-refractivity contribution in [1.82, 2.24) is 0 Å². The molecule has 0 saturated heterocycles. The highest BCUT2D eigenvalue weighted by Crippen LogP contribution is 2.28. The number of carbonyl (C=O) groups is 2. The zero-order chi connectivity index (χ0) is 12.3. The predicted octanol–water partition coefficient (Wildman–Crippen LogP) is 2.47. The molecule has 1 aromatic carbocycles. The number of methoxy groups -OCH3 is 1. The van der Waals surface area contributed by atoms with Crippen molar-refractivity contribution in [1.29, 1.82) is 0 Å². The number of halogens is 1. The first-order valence-corrected chi connectivity index (χ1v) is 5.32. The summed E-state index contributed by atoms with van der Waals surface area (Å²) in [5.41, 5.74) is 1.09. The lowest BCUT2D eigenvalue weighted by Gasteiger charge is -2.09. The third kappa shape index (κ3) is 2.82. The van der Waals surface area contributed by atoms with E-state index in [9.17, 15) is 9.59 Å². The summed E-state index contributed by atoms with van der Waals surface area (Å²) in [6.07, 6.45) is 0. The first-order chi connectivity index (χ1) is 7.45. The maximum absolute atomic E-state index is 11.5. The Labute approximate surface area is 102 Å². The lowest BCUT2D eigenvalue weighted by atomic mass is 10.1. The molecule has 0 atom stereocenters. The van der Waals surface area contributed by atoms with Crippen LogP contribution >= 0.6 is 15.9 Å². The minimum atomic E-state index is -0.535. The van der Waals surface area contributed by atoms with E-state index in [1.807, 2.05) is 6.92 Å². The fraction of sp³-hybridized carbons (Fsp3) is 0.273. The third-order valence-electron chi connectivity index (χ3n) is 1.92. The molecule has 4 nitrogen and oxygen atoms in total. The second-order valence-corrected chi connectivity index (χ2v) is 4.04. The number of hydrogen-bond donors (Lipinski definition) is 0. The number of rotatable bonds is 2. The van der Waals surface area contributed by atoms with Gasteiger partial charge in [-0.2, -0.15) is 0 Å². The smallest absolute Gasteiger partial charge is 0.341 e. The molecule has 0 bridgehead atoms. The molecule has 0 saturated carbocycles. The first kappa shape index (κ1) is 12.7. The number of benzene rings is 1. The average Bonchev–Trinajstić information content (AvgIpc) is 2.21. The molecule has 0 fully saturated rings. The van der Waals surface area contributed by atoms with Crippen LogP contribution in [-0.2, 0) is 9.53 Å². The zero-order valence-corrected chi connectivity index (χ0v) is 10.8. The SMILES string of the molecule is COC(=O)c1cc(C)c(Br)cc1OC(C)=O. The molecule has 86 valence electrons. The molecule has 1 rings (SSSR count). The van der Waals surface area contributed by atoms with Crippen molar-refractivity contribution in [3.8, 4) is 5.75 Å². The molecule has 0 aliphatic carbocycles. The second kappa shape index (κ2) is 5.12. The van der Waals surface area contributed by atoms with Gasteiger partial charge in [0.25, 0.3) is 0 Å². The van der Waals surface area contributed by atoms with Gasteiger partial charge < -0.3 is 9.47 Å². The van der Waals surface area contributed by atoms with E-state index in [0.717, 1.165) is 10.0 Å². The Morgan fingerprint density at radius 3 is 2.44 bits per heavy atom. The molecule has 16 heavy (non-hydrogen) atoms. The van der Waals surface area contributed by atoms with Crippen LogP contribution in [0.4, 0.5) is 0 Å². The Morgan fingerprint density at radius 2 is 1.94 bits per heavy atom. The van der Waals surface area contributed by atoms with Gasteiger partial charge in [-0.25, -0.2) is 4.79 Å². The normalized spacial score (nSPS) is 9.75. The largest absolute Gasteiger partial charge is 0.465 e. The fourth-order valence-corrected chi connectivity index (χ4v) is 1.49. The van der Waals surface area contributed by atoms with Gasteiger partial charge in [0.15, 0.2) is 0 Å². The maximum Gasteiger partial charge on any atom is 0.341 e. The maximum atomic E-state index is 11.5. The van der Waals surface area contributed by atoms with E-state index in [2.05, 4.69) is 20.7 Å². The van der Waals surface area contributed by atoms with E-state index in [1.165, 1.54) is 14.0 Å². The van der Waals surface area contributed by atoms with Crippen molar-refractivity contribution in [3.05, 3.63) is 27.7 Å². The summed E-state index contributed by atoms with van der Waals surface area (Å²) in [5.74, 6) is -0.829. The van der Waals surface area contributed by atoms with Crippen LogP contribution in [0.1, 0.15) is 22.8 Å². The standard InChI is InChI=1S/C11H11BrO4/c1-6-4-8(11(14)15-3)10(5-9(6)12)16-7(2)13/h4-5H,1-3H3. The van der Waals surface area contributed by atoms with E-state index in [4.69, 9.17) is 4.74 Å². The fourth-order valence-electron chi connectivity index (χ4n) is 1.17. The van der Waals surface area contributed by atoms with Gasteiger partial charge in [-0.05, 0) is 24.6 Å². The van der Waals surface area contributed by atoms with Gasteiger partial charge in [0.05, 0.1) is 7.11 Å². The van der Waals surface area contributed by atoms with Crippen LogP contribution in [0, 0.1) is 6.92 Å². The van der Waals surface area contributed by atoms with E-state index in [1.54, 1.807) is 12.1 Å². The van der Waals surface area contributed by atoms with Crippen LogP contribution < -0.4 is 4.74 Å². The van der Waals surface area contributed by atoms with Gasteiger partial charge in [0, 0.05) is 11.4 Å². The molecule has 0 aromatic heterocycles. The highest BCUT2D eigenvalue weighted by atomic mass is 79.9. The second-order valence-electron chi connectivity index (χ2n) is 3.18. The van der Waals surface area contributed by atoms with Crippen molar-refractivity contribution in [3.63, 3.8) is 0 Å². The molecule has 0 unspecified atom stereocenters. The topological polar surface area (TPSA) is 52.6 Å². The van der Waals surface area contributed by atoms with Gasteiger partial charge in [-0.1, -0.05) is 15.9 Å². The molecule has 0 radical (unpaired) electrons. The van der Waals surface area contributed by atoms with Gasteiger partial charge in [0.2, 0.25) is 0 Å². The van der Waals surface area contributed by atoms with Crippen molar-refractivity contribution < 1.29 is 19.1 Å². The predicted molar refractivity (Wildman–Crippen MR) is 61.5 cm³/mol. The molecular formula is C11H11BrO4. The Morgan fingerprint density at radius 1 is 1.31 bits per heavy atom. The van der Waals surface area contributed by atoms with Crippen molar-refractivity contribution in [2.45, 2.75) is 13.8 Å². The third-order valence-corrected chi connectivity index (χ3v) is 2.77. The van der Waals surface area contributed by atoms with Crippen LogP contribution in [-0.4, -0.2) is 19.0 Å². The van der Waals surface area contributed by atoms with E-state index >= 15 is 0 Å². The molecule has 0 amide bonds. The highest BCUT2D eigenvalue weighted by molar-refractivity contribution is 9.10. The van der Waals surface area contributed by atoms with E-state index < -0.39 is 11.9 Å². The number of hydrogen-bond acceptors (Lipinski definition) is 4. The molecule has 0 aliphatic rings. The average molecular weight is 287 g/mol. The summed E-state index contributed by atoms with van der Waals surface area (Å²) in [7, 11) is 1.28. The summed E-state index contributed by atoms with van der Waals surface area (Å²) in [6, 6.07) is 3.18. The van der Waals surface area contributed by atoms with Crippen molar-refractivity contribution >= 4 is 27.9 Å². The minimum Gasteiger partial charge on any atom is -0.465 e. The van der Waals surface area contributed by atoms with Crippen LogP contribution in [0.15, 0.2) is 16.6 Å². The van der Waals surface area contributed by atoms with Crippen molar-refractivity contribution in [2.24, 2.45) is 0 Å². The Bertz CT molecular complexity index is 440. The molecule has 5 heteroatoms. The summed E-state index contributed by atoms with van der Waals surface area (Å²) in [5, 5.41) is 0. The molecule has 1 aromatic rings. The Kier molecular flexibility index (Phi) is 4.06. The Balaban J connectivity index is 3.27. The molecule has 0 N–H and O–H groups in total. The summed E-state index contributed by atoms with van der Waals surface area (Å²) < 4.78 is 10.3. The summed E-state index contributed by atoms with van der Waals surface area (Å²) >= 11 is 3.30. The van der Waals surface area contributed by atoms with Crippen LogP contribution in [0.25, 0.3) is 0 Å². The number of aryl methyl sites for hydroxylation is 1. The lowest BCUT2D eigenvalue weighted by molar-refractivity contribution is -0.131. The monoisotopic (exact) mass is 286 g/mol. The van der Waals surface area contributed by atoms with Crippen molar-refractivity contribution in [2.75, 3.05) is 7.11 Å². The number of esters is 2. The quantitative estimate of drug-likeness (QED) is 0.619. The Hall–Kier alpha value is -1.36. The van der Waals surface area contributed by atoms with Gasteiger partial charge in [-0.3, -0.25) is 4.79 Å². The summed E-state index contributed by atoms with van der Waals surface area (Å²) in [6.45, 7) is 3.10. The van der Waals surface area contributed by atoms with E-state index in [-0.39, 0.29) is 11.3 Å². The van der Waals surface area contributed by atoms with Crippen LogP contribution in [0.5, 0.6) is 5.75 Å². The van der Waals surface area contributed by atoms with Crippen LogP contribution in [0.3, 0.4) is 0 Å². The minimum absolute atomic E-state index is 0.192.